The zero-order chi connectivity index (χ0) is 13.1. The first-order chi connectivity index (χ1) is 8.65. The Kier molecular flexibility index (Phi) is 3.60. The number of carbonyl (C=O) groups excluding carboxylic acids is 1. The number of carbonyl (C=O) groups is 1. The summed E-state index contributed by atoms with van der Waals surface area (Å²) in [5.74, 6) is -0.147. The van der Waals surface area contributed by atoms with E-state index >= 15 is 0 Å². The summed E-state index contributed by atoms with van der Waals surface area (Å²) in [6.07, 6.45) is 0.481. The van der Waals surface area contributed by atoms with Crippen LogP contribution >= 0.6 is 0 Å². The molecule has 3 heteroatoms. The fraction of sp³-hybridized carbons (Fsp3) is 0.267. The van der Waals surface area contributed by atoms with Crippen molar-refractivity contribution in [3.05, 3.63) is 42.2 Å². The van der Waals surface area contributed by atoms with Crippen LogP contribution in [0.3, 0.4) is 0 Å². The maximum atomic E-state index is 13.1. The summed E-state index contributed by atoms with van der Waals surface area (Å²) in [6.45, 7) is 4.43. The number of hydrogen-bond donors (Lipinski definition) is 0. The van der Waals surface area contributed by atoms with Gasteiger partial charge in [0.2, 0.25) is 5.91 Å². The quantitative estimate of drug-likeness (QED) is 0.806. The lowest BCUT2D eigenvalue weighted by Gasteiger charge is -2.20. The molecule has 0 radical (unpaired) electrons. The Hall–Kier alpha value is -1.90. The van der Waals surface area contributed by atoms with E-state index in [4.69, 9.17) is 0 Å². The number of fused-ring (bicyclic) bond motifs is 1. The molecule has 0 saturated carbocycles. The third-order valence-corrected chi connectivity index (χ3v) is 3.02. The molecule has 1 amide bonds. The third-order valence-electron chi connectivity index (χ3n) is 3.02. The first-order valence-electron chi connectivity index (χ1n) is 6.15. The van der Waals surface area contributed by atoms with Gasteiger partial charge in [0.1, 0.15) is 5.82 Å². The Bertz CT molecular complexity index is 580. The lowest BCUT2D eigenvalue weighted by molar-refractivity contribution is -0.118. The average molecular weight is 245 g/mol. The monoisotopic (exact) mass is 245 g/mol. The van der Waals surface area contributed by atoms with E-state index in [1.54, 1.807) is 11.0 Å². The minimum absolute atomic E-state index is 0.0963. The number of halogens is 1. The lowest BCUT2D eigenvalue weighted by Crippen LogP contribution is -2.29. The molecule has 18 heavy (non-hydrogen) atoms. The smallest absolute Gasteiger partial charge is 0.226 e. The molecule has 2 aromatic rings. The van der Waals surface area contributed by atoms with Crippen LogP contribution in [0.2, 0.25) is 0 Å². The minimum Gasteiger partial charge on any atom is -0.313 e. The number of benzene rings is 2. The van der Waals surface area contributed by atoms with E-state index in [0.717, 1.165) is 16.5 Å². The molecule has 0 atom stereocenters. The van der Waals surface area contributed by atoms with Gasteiger partial charge in [0, 0.05) is 18.7 Å². The second kappa shape index (κ2) is 5.17. The number of rotatable bonds is 3. The molecule has 0 fully saturated rings. The van der Waals surface area contributed by atoms with E-state index < -0.39 is 0 Å². The van der Waals surface area contributed by atoms with Crippen molar-refractivity contribution in [2.75, 3.05) is 11.4 Å². The van der Waals surface area contributed by atoms with Gasteiger partial charge >= 0.3 is 0 Å². The summed E-state index contributed by atoms with van der Waals surface area (Å²) in [6, 6.07) is 10.3. The first kappa shape index (κ1) is 12.6. The molecular weight excluding hydrogens is 229 g/mol. The molecule has 0 saturated heterocycles. The maximum Gasteiger partial charge on any atom is 0.226 e. The van der Waals surface area contributed by atoms with Crippen LogP contribution in [0.25, 0.3) is 10.8 Å². The van der Waals surface area contributed by atoms with Gasteiger partial charge in [-0.2, -0.15) is 0 Å². The summed E-state index contributed by atoms with van der Waals surface area (Å²) in [7, 11) is 0. The van der Waals surface area contributed by atoms with Gasteiger partial charge < -0.3 is 4.90 Å². The van der Waals surface area contributed by atoms with Gasteiger partial charge in [-0.1, -0.05) is 19.1 Å². The molecule has 2 aromatic carbocycles. The van der Waals surface area contributed by atoms with Crippen LogP contribution < -0.4 is 4.90 Å². The molecule has 0 bridgehead atoms. The van der Waals surface area contributed by atoms with Gasteiger partial charge in [-0.3, -0.25) is 4.79 Å². The van der Waals surface area contributed by atoms with Crippen molar-refractivity contribution in [2.45, 2.75) is 20.3 Å². The van der Waals surface area contributed by atoms with Crippen LogP contribution in [0.15, 0.2) is 36.4 Å². The molecule has 94 valence electrons. The predicted octanol–water partition coefficient (Wildman–Crippen LogP) is 3.74. The highest BCUT2D eigenvalue weighted by atomic mass is 19.1. The van der Waals surface area contributed by atoms with Crippen molar-refractivity contribution in [3.63, 3.8) is 0 Å². The van der Waals surface area contributed by atoms with Gasteiger partial charge in [-0.15, -0.1) is 0 Å². The van der Waals surface area contributed by atoms with E-state index in [1.165, 1.54) is 12.1 Å². The Balaban J connectivity index is 2.46. The largest absolute Gasteiger partial charge is 0.313 e. The third kappa shape index (κ3) is 2.35. The summed E-state index contributed by atoms with van der Waals surface area (Å²) >= 11 is 0. The Morgan fingerprint density at radius 2 is 1.78 bits per heavy atom. The van der Waals surface area contributed by atoms with Gasteiger partial charge in [-0.05, 0) is 42.0 Å². The normalized spacial score (nSPS) is 10.6. The lowest BCUT2D eigenvalue weighted by atomic mass is 10.1. The highest BCUT2D eigenvalue weighted by molar-refractivity contribution is 5.96. The number of hydrogen-bond acceptors (Lipinski definition) is 1. The second-order valence-corrected chi connectivity index (χ2v) is 4.17. The van der Waals surface area contributed by atoms with Crippen molar-refractivity contribution >= 4 is 22.4 Å². The molecule has 0 spiro atoms. The molecular formula is C15H16FNO. The van der Waals surface area contributed by atoms with Crippen LogP contribution in [0.4, 0.5) is 10.1 Å². The van der Waals surface area contributed by atoms with Crippen molar-refractivity contribution in [2.24, 2.45) is 0 Å². The summed E-state index contributed by atoms with van der Waals surface area (Å²) in [4.78, 5) is 13.5. The molecule has 2 nitrogen and oxygen atoms in total. The zero-order valence-corrected chi connectivity index (χ0v) is 10.6. The highest BCUT2D eigenvalue weighted by Crippen LogP contribution is 2.23. The number of nitrogens with zero attached hydrogens (tertiary/aromatic N) is 1. The van der Waals surface area contributed by atoms with E-state index in [0.29, 0.717) is 13.0 Å². The summed E-state index contributed by atoms with van der Waals surface area (Å²) < 4.78 is 13.1. The van der Waals surface area contributed by atoms with Gasteiger partial charge in [0.05, 0.1) is 0 Å². The second-order valence-electron chi connectivity index (χ2n) is 4.17. The van der Waals surface area contributed by atoms with E-state index in [2.05, 4.69) is 0 Å². The number of amides is 1. The number of anilines is 1. The molecule has 0 aliphatic rings. The predicted molar refractivity (Wildman–Crippen MR) is 72.2 cm³/mol. The topological polar surface area (TPSA) is 20.3 Å². The SMILES string of the molecule is CCC(=O)N(CC)c1ccc2cc(F)ccc2c1. The van der Waals surface area contributed by atoms with Crippen LogP contribution in [-0.4, -0.2) is 12.5 Å². The van der Waals surface area contributed by atoms with E-state index in [9.17, 15) is 9.18 Å². The van der Waals surface area contributed by atoms with E-state index in [-0.39, 0.29) is 11.7 Å². The summed E-state index contributed by atoms with van der Waals surface area (Å²) in [5.41, 5.74) is 0.864. The minimum atomic E-state index is -0.243. The van der Waals surface area contributed by atoms with Gasteiger partial charge in [0.25, 0.3) is 0 Å². The summed E-state index contributed by atoms with van der Waals surface area (Å²) in [5, 5.41) is 1.79. The van der Waals surface area contributed by atoms with Gasteiger partial charge in [0.15, 0.2) is 0 Å². The van der Waals surface area contributed by atoms with Crippen molar-refractivity contribution in [3.8, 4) is 0 Å². The fourth-order valence-corrected chi connectivity index (χ4v) is 2.07. The Labute approximate surface area is 106 Å². The molecule has 0 aliphatic carbocycles. The van der Waals surface area contributed by atoms with Crippen molar-refractivity contribution < 1.29 is 9.18 Å². The molecule has 2 rings (SSSR count). The Morgan fingerprint density at radius 1 is 1.11 bits per heavy atom. The standard InChI is InChI=1S/C15H16FNO/c1-3-15(18)17(4-2)14-8-6-11-9-13(16)7-5-12(11)10-14/h5-10H,3-4H2,1-2H3. The van der Waals surface area contributed by atoms with Crippen LogP contribution in [0, 0.1) is 5.82 Å². The van der Waals surface area contributed by atoms with Crippen LogP contribution in [0.5, 0.6) is 0 Å². The van der Waals surface area contributed by atoms with Crippen molar-refractivity contribution in [1.29, 1.82) is 0 Å². The molecule has 0 unspecified atom stereocenters. The van der Waals surface area contributed by atoms with E-state index in [1.807, 2.05) is 32.0 Å². The van der Waals surface area contributed by atoms with Crippen LogP contribution in [-0.2, 0) is 4.79 Å². The average Bonchev–Trinajstić information content (AvgIpc) is 2.39. The van der Waals surface area contributed by atoms with Gasteiger partial charge in [-0.25, -0.2) is 4.39 Å². The molecule has 0 aromatic heterocycles. The molecule has 0 aliphatic heterocycles. The fourth-order valence-electron chi connectivity index (χ4n) is 2.07. The van der Waals surface area contributed by atoms with Crippen LogP contribution in [0.1, 0.15) is 20.3 Å². The first-order valence-corrected chi connectivity index (χ1v) is 6.15. The Morgan fingerprint density at radius 3 is 2.44 bits per heavy atom. The molecule has 0 N–H and O–H groups in total. The maximum absolute atomic E-state index is 13.1. The van der Waals surface area contributed by atoms with Crippen molar-refractivity contribution in [1.82, 2.24) is 0 Å². The zero-order valence-electron chi connectivity index (χ0n) is 10.6. The molecule has 0 heterocycles. The highest BCUT2D eigenvalue weighted by Gasteiger charge is 2.11.